The Morgan fingerprint density at radius 1 is 1.28 bits per heavy atom. The van der Waals surface area contributed by atoms with Gasteiger partial charge in [0, 0.05) is 24.7 Å². The van der Waals surface area contributed by atoms with Gasteiger partial charge in [-0.2, -0.15) is 0 Å². The molecule has 1 aliphatic rings. The molecule has 1 fully saturated rings. The summed E-state index contributed by atoms with van der Waals surface area (Å²) in [6, 6.07) is 8.05. The number of carbonyl (C=O) groups is 1. The lowest BCUT2D eigenvalue weighted by Crippen LogP contribution is -2.47. The lowest BCUT2D eigenvalue weighted by Gasteiger charge is -2.34. The molecule has 5 heteroatoms. The predicted octanol–water partition coefficient (Wildman–Crippen LogP) is 3.43. The minimum absolute atomic E-state index is 0.124. The fourth-order valence-corrected chi connectivity index (χ4v) is 3.79. The van der Waals surface area contributed by atoms with Crippen molar-refractivity contribution in [2.45, 2.75) is 46.1 Å². The molecule has 0 unspecified atom stereocenters. The van der Waals surface area contributed by atoms with Gasteiger partial charge in [0.25, 0.3) is 0 Å². The third kappa shape index (κ3) is 5.19. The highest BCUT2D eigenvalue weighted by atomic mass is 35.5. The molecule has 140 valence electrons. The van der Waals surface area contributed by atoms with Crippen molar-refractivity contribution in [2.75, 3.05) is 26.2 Å². The van der Waals surface area contributed by atoms with E-state index >= 15 is 0 Å². The zero-order valence-electron chi connectivity index (χ0n) is 15.6. The number of halogens is 1. The molecule has 25 heavy (non-hydrogen) atoms. The van der Waals surface area contributed by atoms with Gasteiger partial charge in [0.2, 0.25) is 5.91 Å². The normalized spacial score (nSPS) is 16.8. The maximum Gasteiger partial charge on any atom is 0.227 e. The quantitative estimate of drug-likeness (QED) is 0.742. The van der Waals surface area contributed by atoms with E-state index in [0.717, 1.165) is 56.9 Å². The van der Waals surface area contributed by atoms with Crippen LogP contribution < -0.4 is 11.1 Å². The van der Waals surface area contributed by atoms with E-state index in [9.17, 15) is 4.79 Å². The largest absolute Gasteiger partial charge is 0.355 e. The van der Waals surface area contributed by atoms with Crippen LogP contribution in [0.3, 0.4) is 0 Å². The van der Waals surface area contributed by atoms with Crippen LogP contribution in [0.1, 0.15) is 45.1 Å². The molecule has 1 amide bonds. The van der Waals surface area contributed by atoms with Gasteiger partial charge in [0.05, 0.1) is 5.41 Å². The summed E-state index contributed by atoms with van der Waals surface area (Å²) in [6.45, 7) is 8.28. The van der Waals surface area contributed by atoms with E-state index in [-0.39, 0.29) is 5.91 Å². The Morgan fingerprint density at radius 2 is 1.92 bits per heavy atom. The Labute approximate surface area is 157 Å². The zero-order chi connectivity index (χ0) is 18.3. The zero-order valence-corrected chi connectivity index (χ0v) is 16.3. The van der Waals surface area contributed by atoms with E-state index in [2.05, 4.69) is 16.3 Å². The molecular weight excluding hydrogens is 334 g/mol. The van der Waals surface area contributed by atoms with Crippen LogP contribution in [-0.2, 0) is 11.3 Å². The third-order valence-corrected chi connectivity index (χ3v) is 6.20. The first-order valence-corrected chi connectivity index (χ1v) is 9.86. The van der Waals surface area contributed by atoms with Gasteiger partial charge in [-0.1, -0.05) is 43.6 Å². The molecule has 3 N–H and O–H groups in total. The maximum atomic E-state index is 12.5. The summed E-state index contributed by atoms with van der Waals surface area (Å²) in [5, 5.41) is 4.00. The molecule has 4 nitrogen and oxygen atoms in total. The number of carbonyl (C=O) groups excluding carboxylic acids is 1. The topological polar surface area (TPSA) is 58.4 Å². The number of nitrogens with two attached hydrogens (primary N) is 1. The number of nitrogens with zero attached hydrogens (tertiary/aromatic N) is 1. The molecule has 0 radical (unpaired) electrons. The summed E-state index contributed by atoms with van der Waals surface area (Å²) in [4.78, 5) is 15.0. The first kappa shape index (κ1) is 20.2. The highest BCUT2D eigenvalue weighted by molar-refractivity contribution is 6.31. The summed E-state index contributed by atoms with van der Waals surface area (Å²) in [5.74, 6) is 0.675. The van der Waals surface area contributed by atoms with Crippen LogP contribution in [-0.4, -0.2) is 37.0 Å². The SMILES string of the molecule is CCC(CC)(CN)C(=O)NCC1CCN(Cc2ccccc2Cl)CC1. The van der Waals surface area contributed by atoms with Crippen LogP contribution in [0, 0.1) is 11.3 Å². The summed E-state index contributed by atoms with van der Waals surface area (Å²) in [5.41, 5.74) is 6.66. The van der Waals surface area contributed by atoms with Crippen molar-refractivity contribution in [3.05, 3.63) is 34.9 Å². The first-order chi connectivity index (χ1) is 12.0. The molecule has 1 heterocycles. The monoisotopic (exact) mass is 365 g/mol. The Balaban J connectivity index is 1.77. The molecule has 0 atom stereocenters. The third-order valence-electron chi connectivity index (χ3n) is 5.84. The Morgan fingerprint density at radius 3 is 2.48 bits per heavy atom. The van der Waals surface area contributed by atoms with Crippen LogP contribution in [0.15, 0.2) is 24.3 Å². The van der Waals surface area contributed by atoms with E-state index in [4.69, 9.17) is 17.3 Å². The highest BCUT2D eigenvalue weighted by Gasteiger charge is 2.33. The van der Waals surface area contributed by atoms with Crippen molar-refractivity contribution in [3.8, 4) is 0 Å². The van der Waals surface area contributed by atoms with Crippen molar-refractivity contribution in [2.24, 2.45) is 17.1 Å². The fraction of sp³-hybridized carbons (Fsp3) is 0.650. The van der Waals surface area contributed by atoms with Crippen LogP contribution in [0.2, 0.25) is 5.02 Å². The van der Waals surface area contributed by atoms with Crippen LogP contribution in [0.4, 0.5) is 0 Å². The second-order valence-corrected chi connectivity index (χ2v) is 7.62. The van der Waals surface area contributed by atoms with Gasteiger partial charge in [0.1, 0.15) is 0 Å². The van der Waals surface area contributed by atoms with Crippen LogP contribution in [0.25, 0.3) is 0 Å². The molecule has 0 spiro atoms. The number of nitrogens with one attached hydrogen (secondary N) is 1. The standard InChI is InChI=1S/C20H32ClN3O/c1-3-20(4-2,15-22)19(25)23-13-16-9-11-24(12-10-16)14-17-7-5-6-8-18(17)21/h5-8,16H,3-4,9-15,22H2,1-2H3,(H,23,25). The van der Waals surface area contributed by atoms with E-state index < -0.39 is 5.41 Å². The van der Waals surface area contributed by atoms with Gasteiger partial charge in [-0.15, -0.1) is 0 Å². The Hall–Kier alpha value is -1.10. The lowest BCUT2D eigenvalue weighted by atomic mass is 9.81. The predicted molar refractivity (Wildman–Crippen MR) is 105 cm³/mol. The second-order valence-electron chi connectivity index (χ2n) is 7.21. The van der Waals surface area contributed by atoms with Crippen LogP contribution >= 0.6 is 11.6 Å². The molecule has 0 saturated carbocycles. The van der Waals surface area contributed by atoms with E-state index in [1.165, 1.54) is 5.56 Å². The van der Waals surface area contributed by atoms with Gasteiger partial charge in [-0.05, 0) is 56.3 Å². The first-order valence-electron chi connectivity index (χ1n) is 9.48. The molecule has 1 aromatic carbocycles. The van der Waals surface area contributed by atoms with Gasteiger partial charge >= 0.3 is 0 Å². The molecule has 0 bridgehead atoms. The molecule has 1 saturated heterocycles. The smallest absolute Gasteiger partial charge is 0.227 e. The summed E-state index contributed by atoms with van der Waals surface area (Å²) in [7, 11) is 0. The van der Waals surface area contributed by atoms with E-state index in [0.29, 0.717) is 12.5 Å². The number of piperidine rings is 1. The maximum absolute atomic E-state index is 12.5. The average molecular weight is 366 g/mol. The molecule has 2 rings (SSSR count). The number of hydrogen-bond acceptors (Lipinski definition) is 3. The number of hydrogen-bond donors (Lipinski definition) is 2. The van der Waals surface area contributed by atoms with E-state index in [1.54, 1.807) is 0 Å². The average Bonchev–Trinajstić information content (AvgIpc) is 2.65. The van der Waals surface area contributed by atoms with Gasteiger partial charge < -0.3 is 11.1 Å². The summed E-state index contributed by atoms with van der Waals surface area (Å²) in [6.07, 6.45) is 3.81. The van der Waals surface area contributed by atoms with Crippen molar-refractivity contribution in [3.63, 3.8) is 0 Å². The van der Waals surface area contributed by atoms with Crippen molar-refractivity contribution in [1.29, 1.82) is 0 Å². The van der Waals surface area contributed by atoms with Crippen molar-refractivity contribution >= 4 is 17.5 Å². The van der Waals surface area contributed by atoms with Crippen LogP contribution in [0.5, 0.6) is 0 Å². The summed E-state index contributed by atoms with van der Waals surface area (Å²) >= 11 is 6.26. The fourth-order valence-electron chi connectivity index (χ4n) is 3.59. The van der Waals surface area contributed by atoms with Crippen molar-refractivity contribution < 1.29 is 4.79 Å². The molecule has 1 aromatic rings. The lowest BCUT2D eigenvalue weighted by molar-refractivity contribution is -0.131. The molecule has 0 aromatic heterocycles. The van der Waals surface area contributed by atoms with Gasteiger partial charge in [0.15, 0.2) is 0 Å². The minimum Gasteiger partial charge on any atom is -0.355 e. The minimum atomic E-state index is -0.398. The van der Waals surface area contributed by atoms with Gasteiger partial charge in [-0.25, -0.2) is 0 Å². The number of rotatable bonds is 8. The molecule has 0 aliphatic carbocycles. The Kier molecular flexibility index (Phi) is 7.73. The molecule has 1 aliphatic heterocycles. The molecular formula is C20H32ClN3O. The second kappa shape index (κ2) is 9.56. The van der Waals surface area contributed by atoms with Crippen molar-refractivity contribution in [1.82, 2.24) is 10.2 Å². The van der Waals surface area contributed by atoms with E-state index in [1.807, 2.05) is 32.0 Å². The van der Waals surface area contributed by atoms with Gasteiger partial charge in [-0.3, -0.25) is 9.69 Å². The number of benzene rings is 1. The highest BCUT2D eigenvalue weighted by Crippen LogP contribution is 2.26. The number of likely N-dealkylation sites (tertiary alicyclic amines) is 1. The summed E-state index contributed by atoms with van der Waals surface area (Å²) < 4.78 is 0. The Bertz CT molecular complexity index is 543. The number of amides is 1.